The molecule has 3 fully saturated rings. The second-order valence-electron chi connectivity index (χ2n) is 12.4. The van der Waals surface area contributed by atoms with E-state index >= 15 is 0 Å². The van der Waals surface area contributed by atoms with Gasteiger partial charge in [0, 0.05) is 31.5 Å². The summed E-state index contributed by atoms with van der Waals surface area (Å²) in [5.74, 6) is -0.732. The summed E-state index contributed by atoms with van der Waals surface area (Å²) in [5, 5.41) is 2.93. The summed E-state index contributed by atoms with van der Waals surface area (Å²) in [6.07, 6.45) is -0.159. The molecule has 1 aliphatic carbocycles. The minimum atomic E-state index is -4.81. The summed E-state index contributed by atoms with van der Waals surface area (Å²) < 4.78 is 53.5. The molecule has 1 N–H and O–H groups in total. The lowest BCUT2D eigenvalue weighted by atomic mass is 9.77. The molecule has 7 rings (SSSR count). The number of carbonyl (C=O) groups excluding carboxylic acids is 2. The van der Waals surface area contributed by atoms with Gasteiger partial charge in [-0.15, -0.1) is 0 Å². The van der Waals surface area contributed by atoms with E-state index in [-0.39, 0.29) is 34.5 Å². The van der Waals surface area contributed by atoms with Crippen LogP contribution < -0.4 is 19.7 Å². The van der Waals surface area contributed by atoms with Crippen molar-refractivity contribution in [2.24, 2.45) is 5.41 Å². The zero-order valence-electron chi connectivity index (χ0n) is 25.2. The number of piperidine rings is 1. The molecule has 4 aliphatic rings. The normalized spacial score (nSPS) is 20.2. The lowest BCUT2D eigenvalue weighted by Gasteiger charge is -2.36. The highest BCUT2D eigenvalue weighted by Crippen LogP contribution is 2.57. The van der Waals surface area contributed by atoms with E-state index in [1.54, 1.807) is 41.1 Å². The molecule has 2 aromatic carbocycles. The van der Waals surface area contributed by atoms with Gasteiger partial charge in [-0.2, -0.15) is 18.2 Å². The van der Waals surface area contributed by atoms with Crippen LogP contribution in [-0.4, -0.2) is 72.4 Å². The van der Waals surface area contributed by atoms with Crippen molar-refractivity contribution in [1.29, 1.82) is 0 Å². The number of fused-ring (bicyclic) bond motifs is 2. The van der Waals surface area contributed by atoms with Gasteiger partial charge in [-0.1, -0.05) is 12.1 Å². The highest BCUT2D eigenvalue weighted by Gasteiger charge is 2.57. The summed E-state index contributed by atoms with van der Waals surface area (Å²) in [5.41, 5.74) is 0.110. The molecular weight excluding hydrogens is 589 g/mol. The Morgan fingerprint density at radius 3 is 2.38 bits per heavy atom. The Labute approximate surface area is 258 Å². The number of hydrogen-bond donors (Lipinski definition) is 1. The first-order valence-corrected chi connectivity index (χ1v) is 15.0. The number of nitrogens with zero attached hydrogens (tertiary/aromatic N) is 5. The molecule has 13 heteroatoms. The Balaban J connectivity index is 1.17. The van der Waals surface area contributed by atoms with Crippen LogP contribution in [0, 0.1) is 5.41 Å². The van der Waals surface area contributed by atoms with Crippen LogP contribution in [0.1, 0.15) is 53.6 Å². The number of likely N-dealkylation sites (tertiary alicyclic amines) is 1. The van der Waals surface area contributed by atoms with Gasteiger partial charge in [-0.3, -0.25) is 9.59 Å². The Hall–Kier alpha value is -4.39. The lowest BCUT2D eigenvalue weighted by molar-refractivity contribution is -0.139. The summed E-state index contributed by atoms with van der Waals surface area (Å²) >= 11 is 0. The van der Waals surface area contributed by atoms with E-state index in [1.807, 2.05) is 6.07 Å². The minimum absolute atomic E-state index is 0.00266. The molecule has 236 valence electrons. The molecule has 2 amide bonds. The minimum Gasteiger partial charge on any atom is -0.494 e. The number of ether oxygens (including phenoxy) is 2. The van der Waals surface area contributed by atoms with Crippen LogP contribution in [0.25, 0.3) is 0 Å². The van der Waals surface area contributed by atoms with Gasteiger partial charge >= 0.3 is 6.18 Å². The molecule has 45 heavy (non-hydrogen) atoms. The average molecular weight is 623 g/mol. The zero-order valence-corrected chi connectivity index (χ0v) is 25.2. The fraction of sp³-hybridized carbons (Fsp3) is 0.438. The fourth-order valence-electron chi connectivity index (χ4n) is 6.94. The van der Waals surface area contributed by atoms with Crippen molar-refractivity contribution in [3.05, 3.63) is 59.3 Å². The van der Waals surface area contributed by atoms with Gasteiger partial charge in [0.2, 0.25) is 17.7 Å². The first-order valence-electron chi connectivity index (χ1n) is 15.0. The van der Waals surface area contributed by atoms with Gasteiger partial charge in [0.25, 0.3) is 5.91 Å². The molecule has 0 atom stereocenters. The van der Waals surface area contributed by atoms with Crippen LogP contribution in [0.5, 0.6) is 17.4 Å². The number of anilines is 3. The van der Waals surface area contributed by atoms with E-state index in [1.165, 1.54) is 13.2 Å². The van der Waals surface area contributed by atoms with Gasteiger partial charge in [0.1, 0.15) is 17.1 Å². The molecule has 0 radical (unpaired) electrons. The maximum absolute atomic E-state index is 14.0. The van der Waals surface area contributed by atoms with Gasteiger partial charge in [-0.05, 0) is 76.0 Å². The van der Waals surface area contributed by atoms with Gasteiger partial charge in [0.15, 0.2) is 0 Å². The number of rotatable bonds is 6. The van der Waals surface area contributed by atoms with Crippen molar-refractivity contribution in [3.8, 4) is 17.4 Å². The molecule has 0 bridgehead atoms. The number of methoxy groups -OCH3 is 1. The maximum atomic E-state index is 14.0. The van der Waals surface area contributed by atoms with Crippen molar-refractivity contribution < 1.29 is 32.2 Å². The van der Waals surface area contributed by atoms with Crippen molar-refractivity contribution in [3.63, 3.8) is 0 Å². The fourth-order valence-corrected chi connectivity index (χ4v) is 6.94. The van der Waals surface area contributed by atoms with Crippen molar-refractivity contribution in [2.45, 2.75) is 43.8 Å². The highest BCUT2D eigenvalue weighted by molar-refractivity contribution is 6.03. The summed E-state index contributed by atoms with van der Waals surface area (Å²) in [4.78, 5) is 40.3. The molecule has 2 saturated heterocycles. The third-order valence-corrected chi connectivity index (χ3v) is 9.88. The van der Waals surface area contributed by atoms with E-state index in [0.717, 1.165) is 50.8 Å². The van der Waals surface area contributed by atoms with Crippen LogP contribution in [0.15, 0.2) is 42.6 Å². The SMILES string of the molecule is COc1cc(N2CCC3(CCN(C)CC3)C2=O)ccc1Nc1ncc(C(F)(F)F)c(Oc2cccc3c2C(=O)N(C)C32CC2)n1. The Morgan fingerprint density at radius 1 is 0.956 bits per heavy atom. The number of aromatic nitrogens is 2. The van der Waals surface area contributed by atoms with Crippen LogP contribution in [0.4, 0.5) is 30.5 Å². The quantitative estimate of drug-likeness (QED) is 0.382. The predicted molar refractivity (Wildman–Crippen MR) is 159 cm³/mol. The largest absolute Gasteiger partial charge is 0.494 e. The van der Waals surface area contributed by atoms with Crippen LogP contribution >= 0.6 is 0 Å². The third-order valence-electron chi connectivity index (χ3n) is 9.88. The van der Waals surface area contributed by atoms with E-state index in [0.29, 0.717) is 29.9 Å². The molecule has 4 heterocycles. The average Bonchev–Trinajstić information content (AvgIpc) is 3.73. The molecule has 0 unspecified atom stereocenters. The van der Waals surface area contributed by atoms with Crippen LogP contribution in [-0.2, 0) is 16.5 Å². The van der Waals surface area contributed by atoms with Crippen molar-refractivity contribution in [2.75, 3.05) is 51.1 Å². The zero-order chi connectivity index (χ0) is 31.7. The molecule has 1 saturated carbocycles. The number of benzene rings is 2. The molecular formula is C32H33F3N6O4. The second-order valence-corrected chi connectivity index (χ2v) is 12.4. The first-order chi connectivity index (χ1) is 21.5. The maximum Gasteiger partial charge on any atom is 0.423 e. The summed E-state index contributed by atoms with van der Waals surface area (Å²) in [6.45, 7) is 2.36. The van der Waals surface area contributed by atoms with E-state index in [9.17, 15) is 22.8 Å². The standard InChI is InChI=1S/C32H33F3N6O4/c1-39-14-11-30(12-15-39)13-16-41(28(30)43)19-7-8-22(24(17-19)44-3)37-29-36-18-21(32(33,34)35)26(38-29)45-23-6-4-5-20-25(23)27(42)40(2)31(20)9-10-31/h4-8,17-18H,9-16H2,1-3H3,(H,36,37,38). The predicted octanol–water partition coefficient (Wildman–Crippen LogP) is 5.56. The van der Waals surface area contributed by atoms with E-state index in [2.05, 4.69) is 27.2 Å². The van der Waals surface area contributed by atoms with Gasteiger partial charge < -0.3 is 29.5 Å². The van der Waals surface area contributed by atoms with E-state index in [4.69, 9.17) is 9.47 Å². The number of alkyl halides is 3. The molecule has 3 aliphatic heterocycles. The molecule has 1 aromatic heterocycles. The highest BCUT2D eigenvalue weighted by atomic mass is 19.4. The van der Waals surface area contributed by atoms with Crippen LogP contribution in [0.3, 0.4) is 0 Å². The molecule has 2 spiro atoms. The lowest BCUT2D eigenvalue weighted by Crippen LogP contribution is -2.43. The second kappa shape index (κ2) is 10.3. The van der Waals surface area contributed by atoms with Crippen molar-refractivity contribution >= 4 is 29.1 Å². The molecule has 3 aromatic rings. The van der Waals surface area contributed by atoms with Crippen LogP contribution in [0.2, 0.25) is 0 Å². The third kappa shape index (κ3) is 4.75. The summed E-state index contributed by atoms with van der Waals surface area (Å²) in [6, 6.07) is 10.1. The molecule has 10 nitrogen and oxygen atoms in total. The smallest absolute Gasteiger partial charge is 0.423 e. The van der Waals surface area contributed by atoms with Gasteiger partial charge in [0.05, 0.1) is 29.3 Å². The number of nitrogens with one attached hydrogen (secondary N) is 1. The Bertz CT molecular complexity index is 1700. The number of hydrogen-bond acceptors (Lipinski definition) is 8. The van der Waals surface area contributed by atoms with Crippen molar-refractivity contribution in [1.82, 2.24) is 19.8 Å². The Kier molecular flexibility index (Phi) is 6.73. The number of halogens is 3. The topological polar surface area (TPSA) is 100 Å². The summed E-state index contributed by atoms with van der Waals surface area (Å²) in [7, 11) is 5.22. The number of carbonyl (C=O) groups is 2. The van der Waals surface area contributed by atoms with E-state index < -0.39 is 23.2 Å². The van der Waals surface area contributed by atoms with Gasteiger partial charge in [-0.25, -0.2) is 4.98 Å². The Morgan fingerprint density at radius 2 is 1.69 bits per heavy atom. The monoisotopic (exact) mass is 622 g/mol. The first kappa shape index (κ1) is 29.3. The number of amides is 2.